The molecular weight excluding hydrogens is 282 g/mol. The van der Waals surface area contributed by atoms with Crippen LogP contribution in [0.15, 0.2) is 30.9 Å². The lowest BCUT2D eigenvalue weighted by Gasteiger charge is -2.31. The zero-order valence-electron chi connectivity index (χ0n) is 12.3. The molecule has 22 heavy (non-hydrogen) atoms. The van der Waals surface area contributed by atoms with E-state index in [1.165, 1.54) is 12.4 Å². The number of aryl methyl sites for hydroxylation is 1. The van der Waals surface area contributed by atoms with Gasteiger partial charge in [0.05, 0.1) is 6.20 Å². The van der Waals surface area contributed by atoms with Crippen LogP contribution in [0.3, 0.4) is 0 Å². The van der Waals surface area contributed by atoms with Gasteiger partial charge < -0.3 is 9.64 Å². The smallest absolute Gasteiger partial charge is 0.274 e. The average molecular weight is 299 g/mol. The molecule has 0 radical (unpaired) electrons. The number of ether oxygens (including phenoxy) is 1. The van der Waals surface area contributed by atoms with Crippen molar-refractivity contribution in [3.05, 3.63) is 42.4 Å². The summed E-state index contributed by atoms with van der Waals surface area (Å²) in [5, 5.41) is 0. The van der Waals surface area contributed by atoms with Gasteiger partial charge in [0.2, 0.25) is 5.88 Å². The Morgan fingerprint density at radius 2 is 2.05 bits per heavy atom. The monoisotopic (exact) mass is 299 g/mol. The van der Waals surface area contributed by atoms with E-state index in [1.54, 1.807) is 23.4 Å². The Morgan fingerprint density at radius 1 is 1.23 bits per heavy atom. The molecule has 114 valence electrons. The molecular formula is C15H17N5O2. The van der Waals surface area contributed by atoms with Gasteiger partial charge in [-0.15, -0.1) is 0 Å². The van der Waals surface area contributed by atoms with Crippen LogP contribution in [0.5, 0.6) is 5.88 Å². The molecule has 1 fully saturated rings. The second-order valence-electron chi connectivity index (χ2n) is 5.14. The summed E-state index contributed by atoms with van der Waals surface area (Å²) in [7, 11) is 0. The van der Waals surface area contributed by atoms with Crippen LogP contribution in [0, 0.1) is 6.92 Å². The fourth-order valence-electron chi connectivity index (χ4n) is 2.42. The molecule has 2 aromatic rings. The highest BCUT2D eigenvalue weighted by Crippen LogP contribution is 2.18. The van der Waals surface area contributed by atoms with Crippen LogP contribution in [0.2, 0.25) is 0 Å². The van der Waals surface area contributed by atoms with Crippen molar-refractivity contribution >= 4 is 5.91 Å². The first-order valence-corrected chi connectivity index (χ1v) is 7.24. The Bertz CT molecular complexity index is 641. The minimum absolute atomic E-state index is 0.0696. The Morgan fingerprint density at radius 3 is 2.73 bits per heavy atom. The van der Waals surface area contributed by atoms with Crippen molar-refractivity contribution < 1.29 is 9.53 Å². The Labute approximate surface area is 128 Å². The molecule has 1 amide bonds. The number of carbonyl (C=O) groups is 1. The molecule has 0 bridgehead atoms. The molecule has 1 saturated heterocycles. The Balaban J connectivity index is 1.55. The Hall–Kier alpha value is -2.57. The Kier molecular flexibility index (Phi) is 4.22. The first kappa shape index (κ1) is 14.4. The highest BCUT2D eigenvalue weighted by Gasteiger charge is 2.25. The summed E-state index contributed by atoms with van der Waals surface area (Å²) >= 11 is 0. The molecule has 7 heteroatoms. The molecule has 3 rings (SSSR count). The number of hydrogen-bond donors (Lipinski definition) is 0. The van der Waals surface area contributed by atoms with Gasteiger partial charge in [-0.1, -0.05) is 0 Å². The molecule has 0 aromatic carbocycles. The molecule has 7 nitrogen and oxygen atoms in total. The lowest BCUT2D eigenvalue weighted by atomic mass is 10.1. The molecule has 3 heterocycles. The predicted molar refractivity (Wildman–Crippen MR) is 78.4 cm³/mol. The largest absolute Gasteiger partial charge is 0.474 e. The summed E-state index contributed by atoms with van der Waals surface area (Å²) in [5.41, 5.74) is 0.383. The van der Waals surface area contributed by atoms with Gasteiger partial charge in [-0.2, -0.15) is 4.98 Å². The van der Waals surface area contributed by atoms with Crippen LogP contribution in [-0.2, 0) is 0 Å². The van der Waals surface area contributed by atoms with Crippen molar-refractivity contribution in [1.82, 2.24) is 24.8 Å². The molecule has 0 atom stereocenters. The van der Waals surface area contributed by atoms with Crippen LogP contribution >= 0.6 is 0 Å². The number of likely N-dealkylation sites (tertiary alicyclic amines) is 1. The zero-order chi connectivity index (χ0) is 15.4. The topological polar surface area (TPSA) is 81.1 Å². The van der Waals surface area contributed by atoms with E-state index >= 15 is 0 Å². The van der Waals surface area contributed by atoms with Gasteiger partial charge in [-0.05, 0) is 6.92 Å². The SMILES string of the molecule is Cc1nccc(OC2CCN(C(=O)c3cnccn3)CC2)n1. The summed E-state index contributed by atoms with van der Waals surface area (Å²) in [6.45, 7) is 3.11. The molecule has 0 aliphatic carbocycles. The number of aromatic nitrogens is 4. The lowest BCUT2D eigenvalue weighted by Crippen LogP contribution is -2.42. The van der Waals surface area contributed by atoms with Crippen molar-refractivity contribution in [3.8, 4) is 5.88 Å². The molecule has 0 spiro atoms. The highest BCUT2D eigenvalue weighted by atomic mass is 16.5. The van der Waals surface area contributed by atoms with Gasteiger partial charge in [0.1, 0.15) is 17.6 Å². The molecule has 0 saturated carbocycles. The van der Waals surface area contributed by atoms with E-state index in [0.717, 1.165) is 12.8 Å². The van der Waals surface area contributed by atoms with Crippen LogP contribution in [-0.4, -0.2) is 49.9 Å². The van der Waals surface area contributed by atoms with Gasteiger partial charge in [0.15, 0.2) is 0 Å². The third-order valence-corrected chi connectivity index (χ3v) is 3.55. The van der Waals surface area contributed by atoms with E-state index in [2.05, 4.69) is 19.9 Å². The first-order valence-electron chi connectivity index (χ1n) is 7.24. The summed E-state index contributed by atoms with van der Waals surface area (Å²) < 4.78 is 5.85. The van der Waals surface area contributed by atoms with Crippen molar-refractivity contribution in [1.29, 1.82) is 0 Å². The average Bonchev–Trinajstić information content (AvgIpc) is 2.56. The number of amides is 1. The molecule has 0 unspecified atom stereocenters. The number of carbonyl (C=O) groups excluding carboxylic acids is 1. The maximum Gasteiger partial charge on any atom is 0.274 e. The van der Waals surface area contributed by atoms with Crippen LogP contribution in [0.1, 0.15) is 29.2 Å². The predicted octanol–water partition coefficient (Wildman–Crippen LogP) is 1.26. The van der Waals surface area contributed by atoms with Crippen molar-refractivity contribution in [2.24, 2.45) is 0 Å². The fourth-order valence-corrected chi connectivity index (χ4v) is 2.42. The summed E-state index contributed by atoms with van der Waals surface area (Å²) in [4.78, 5) is 30.3. The first-order chi connectivity index (χ1) is 10.7. The fraction of sp³-hybridized carbons (Fsp3) is 0.400. The highest BCUT2D eigenvalue weighted by molar-refractivity contribution is 5.92. The van der Waals surface area contributed by atoms with E-state index in [1.807, 2.05) is 6.92 Å². The van der Waals surface area contributed by atoms with E-state index in [0.29, 0.717) is 30.5 Å². The number of nitrogens with zero attached hydrogens (tertiary/aromatic N) is 5. The van der Waals surface area contributed by atoms with Gasteiger partial charge in [-0.3, -0.25) is 9.78 Å². The normalized spacial score (nSPS) is 15.6. The van der Waals surface area contributed by atoms with Crippen LogP contribution in [0.25, 0.3) is 0 Å². The second kappa shape index (κ2) is 6.46. The van der Waals surface area contributed by atoms with Crippen LogP contribution in [0.4, 0.5) is 0 Å². The van der Waals surface area contributed by atoms with Gasteiger partial charge in [-0.25, -0.2) is 9.97 Å². The minimum atomic E-state index is -0.0792. The van der Waals surface area contributed by atoms with Crippen molar-refractivity contribution in [2.75, 3.05) is 13.1 Å². The zero-order valence-corrected chi connectivity index (χ0v) is 12.3. The standard InChI is InChI=1S/C15H17N5O2/c1-11-17-5-2-14(19-11)22-12-3-8-20(9-4-12)15(21)13-10-16-6-7-18-13/h2,5-7,10,12H,3-4,8-9H2,1H3. The maximum absolute atomic E-state index is 12.3. The molecule has 2 aromatic heterocycles. The number of piperidine rings is 1. The van der Waals surface area contributed by atoms with E-state index in [4.69, 9.17) is 4.74 Å². The second-order valence-corrected chi connectivity index (χ2v) is 5.14. The maximum atomic E-state index is 12.3. The van der Waals surface area contributed by atoms with Gasteiger partial charge >= 0.3 is 0 Å². The van der Waals surface area contributed by atoms with Gasteiger partial charge in [0.25, 0.3) is 5.91 Å². The van der Waals surface area contributed by atoms with Crippen LogP contribution < -0.4 is 4.74 Å². The molecule has 0 N–H and O–H groups in total. The van der Waals surface area contributed by atoms with Crippen molar-refractivity contribution in [3.63, 3.8) is 0 Å². The minimum Gasteiger partial charge on any atom is -0.474 e. The van der Waals surface area contributed by atoms with Crippen molar-refractivity contribution in [2.45, 2.75) is 25.9 Å². The molecule has 1 aliphatic heterocycles. The quantitative estimate of drug-likeness (QED) is 0.848. The van der Waals surface area contributed by atoms with E-state index < -0.39 is 0 Å². The number of hydrogen-bond acceptors (Lipinski definition) is 6. The third-order valence-electron chi connectivity index (χ3n) is 3.55. The lowest BCUT2D eigenvalue weighted by molar-refractivity contribution is 0.0581. The number of rotatable bonds is 3. The summed E-state index contributed by atoms with van der Waals surface area (Å²) in [6, 6.07) is 1.75. The molecule has 1 aliphatic rings. The summed E-state index contributed by atoms with van der Waals surface area (Å²) in [6.07, 6.45) is 7.88. The van der Waals surface area contributed by atoms with E-state index in [9.17, 15) is 4.79 Å². The summed E-state index contributed by atoms with van der Waals surface area (Å²) in [5.74, 6) is 1.20. The van der Waals surface area contributed by atoms with E-state index in [-0.39, 0.29) is 12.0 Å². The van der Waals surface area contributed by atoms with Gasteiger partial charge in [0, 0.05) is 50.6 Å². The third kappa shape index (κ3) is 3.36.